The molecule has 0 saturated heterocycles. The van der Waals surface area contributed by atoms with E-state index in [9.17, 15) is 0 Å². The molecule has 0 bridgehead atoms. The van der Waals surface area contributed by atoms with Crippen LogP contribution >= 0.6 is 22.9 Å². The lowest BCUT2D eigenvalue weighted by atomic mass is 10.2. The molecule has 0 fully saturated rings. The quantitative estimate of drug-likeness (QED) is 0.418. The highest BCUT2D eigenvalue weighted by Gasteiger charge is 2.12. The first-order valence-electron chi connectivity index (χ1n) is 8.39. The molecule has 0 aliphatic carbocycles. The third-order valence-electron chi connectivity index (χ3n) is 4.14. The van der Waals surface area contributed by atoms with E-state index in [1.54, 1.807) is 7.11 Å². The SMILES string of the molecule is COc1ccc2nc(Nc3ncnc(Nc4ccc(C)c(Cl)c4)c3N)sc2c1. The Morgan fingerprint density at radius 2 is 1.86 bits per heavy atom. The maximum atomic E-state index is 6.26. The summed E-state index contributed by atoms with van der Waals surface area (Å²) in [5.41, 5.74) is 9.30. The van der Waals surface area contributed by atoms with Crippen molar-refractivity contribution >= 4 is 61.3 Å². The number of nitrogens with two attached hydrogens (primary N) is 1. The number of aromatic nitrogens is 3. The van der Waals surface area contributed by atoms with Crippen molar-refractivity contribution in [1.82, 2.24) is 15.0 Å². The zero-order chi connectivity index (χ0) is 19.7. The summed E-state index contributed by atoms with van der Waals surface area (Å²) in [6.07, 6.45) is 1.44. The van der Waals surface area contributed by atoms with Gasteiger partial charge in [-0.3, -0.25) is 0 Å². The van der Waals surface area contributed by atoms with Gasteiger partial charge in [0.05, 0.1) is 17.3 Å². The van der Waals surface area contributed by atoms with Crippen LogP contribution in [-0.2, 0) is 0 Å². The van der Waals surface area contributed by atoms with E-state index < -0.39 is 0 Å². The van der Waals surface area contributed by atoms with Crippen molar-refractivity contribution in [3.63, 3.8) is 0 Å². The lowest BCUT2D eigenvalue weighted by molar-refractivity contribution is 0.415. The van der Waals surface area contributed by atoms with Crippen molar-refractivity contribution in [2.24, 2.45) is 0 Å². The standard InChI is InChI=1S/C19H17ClN6OS/c1-10-3-4-11(7-13(10)20)24-17-16(21)18(23-9-22-17)26-19-25-14-6-5-12(27-2)8-15(14)28-19/h3-9H,21H2,1-2H3,(H2,22,23,24,25,26). The summed E-state index contributed by atoms with van der Waals surface area (Å²) in [7, 11) is 1.64. The van der Waals surface area contributed by atoms with Crippen molar-refractivity contribution in [2.75, 3.05) is 23.5 Å². The molecule has 0 radical (unpaired) electrons. The van der Waals surface area contributed by atoms with Gasteiger partial charge in [0.25, 0.3) is 0 Å². The number of hydrogen-bond donors (Lipinski definition) is 3. The van der Waals surface area contributed by atoms with E-state index in [4.69, 9.17) is 22.1 Å². The number of ether oxygens (including phenoxy) is 1. The Morgan fingerprint density at radius 1 is 1.07 bits per heavy atom. The predicted molar refractivity (Wildman–Crippen MR) is 115 cm³/mol. The van der Waals surface area contributed by atoms with Crippen LogP contribution in [0.4, 0.5) is 28.1 Å². The van der Waals surface area contributed by atoms with Gasteiger partial charge in [0.2, 0.25) is 0 Å². The third-order valence-corrected chi connectivity index (χ3v) is 5.48. The molecule has 0 unspecified atom stereocenters. The topological polar surface area (TPSA) is 98.0 Å². The minimum absolute atomic E-state index is 0.385. The van der Waals surface area contributed by atoms with Crippen molar-refractivity contribution in [3.05, 3.63) is 53.3 Å². The molecule has 28 heavy (non-hydrogen) atoms. The van der Waals surface area contributed by atoms with Gasteiger partial charge in [-0.25, -0.2) is 15.0 Å². The molecule has 0 atom stereocenters. The number of halogens is 1. The van der Waals surface area contributed by atoms with Gasteiger partial charge in [0.15, 0.2) is 16.8 Å². The van der Waals surface area contributed by atoms with Gasteiger partial charge in [-0.2, -0.15) is 0 Å². The van der Waals surface area contributed by atoms with Crippen molar-refractivity contribution < 1.29 is 4.74 Å². The van der Waals surface area contributed by atoms with Crippen molar-refractivity contribution in [3.8, 4) is 5.75 Å². The van der Waals surface area contributed by atoms with Gasteiger partial charge in [0, 0.05) is 10.7 Å². The molecular formula is C19H17ClN6OS. The van der Waals surface area contributed by atoms with E-state index in [1.165, 1.54) is 17.7 Å². The Hall–Kier alpha value is -3.10. The highest BCUT2D eigenvalue weighted by Crippen LogP contribution is 2.33. The molecule has 4 aromatic rings. The Bertz CT molecular complexity index is 1160. The number of nitrogen functional groups attached to an aromatic ring is 1. The fraction of sp³-hybridized carbons (Fsp3) is 0.105. The Morgan fingerprint density at radius 3 is 2.61 bits per heavy atom. The minimum Gasteiger partial charge on any atom is -0.497 e. The van der Waals surface area contributed by atoms with Gasteiger partial charge in [0.1, 0.15) is 17.8 Å². The van der Waals surface area contributed by atoms with Crippen molar-refractivity contribution in [1.29, 1.82) is 0 Å². The van der Waals surface area contributed by atoms with Gasteiger partial charge in [-0.05, 0) is 42.8 Å². The monoisotopic (exact) mass is 412 g/mol. The minimum atomic E-state index is 0.385. The molecule has 142 valence electrons. The average molecular weight is 413 g/mol. The van der Waals surface area contributed by atoms with E-state index in [-0.39, 0.29) is 0 Å². The summed E-state index contributed by atoms with van der Waals surface area (Å²) < 4.78 is 6.26. The molecule has 0 aliphatic heterocycles. The maximum Gasteiger partial charge on any atom is 0.189 e. The van der Waals surface area contributed by atoms with Crippen LogP contribution in [0.15, 0.2) is 42.7 Å². The van der Waals surface area contributed by atoms with Crippen LogP contribution in [0, 0.1) is 6.92 Å². The lowest BCUT2D eigenvalue weighted by Gasteiger charge is -2.12. The molecule has 4 N–H and O–H groups in total. The second-order valence-corrected chi connectivity index (χ2v) is 7.49. The smallest absolute Gasteiger partial charge is 0.189 e. The molecule has 0 saturated carbocycles. The number of rotatable bonds is 5. The maximum absolute atomic E-state index is 6.26. The Kier molecular flexibility index (Phi) is 4.89. The zero-order valence-corrected chi connectivity index (χ0v) is 16.7. The van der Waals surface area contributed by atoms with Crippen LogP contribution in [-0.4, -0.2) is 22.1 Å². The predicted octanol–water partition coefficient (Wildman–Crippen LogP) is 5.13. The largest absolute Gasteiger partial charge is 0.497 e. The summed E-state index contributed by atoms with van der Waals surface area (Å²) in [6, 6.07) is 11.4. The van der Waals surface area contributed by atoms with Crippen molar-refractivity contribution in [2.45, 2.75) is 6.92 Å². The third kappa shape index (κ3) is 3.64. The second-order valence-electron chi connectivity index (χ2n) is 6.05. The van der Waals surface area contributed by atoms with E-state index in [1.807, 2.05) is 43.3 Å². The van der Waals surface area contributed by atoms with Gasteiger partial charge in [-0.15, -0.1) is 0 Å². The number of hydrogen-bond acceptors (Lipinski definition) is 8. The van der Waals surface area contributed by atoms with E-state index in [0.717, 1.165) is 27.2 Å². The Balaban J connectivity index is 1.60. The highest BCUT2D eigenvalue weighted by molar-refractivity contribution is 7.22. The molecular weight excluding hydrogens is 396 g/mol. The second kappa shape index (κ2) is 7.49. The molecule has 2 heterocycles. The molecule has 7 nitrogen and oxygen atoms in total. The molecule has 0 spiro atoms. The number of methoxy groups -OCH3 is 1. The molecule has 4 rings (SSSR count). The normalized spacial score (nSPS) is 10.8. The molecule has 2 aromatic heterocycles. The molecule has 0 amide bonds. The summed E-state index contributed by atoms with van der Waals surface area (Å²) >= 11 is 7.67. The zero-order valence-electron chi connectivity index (χ0n) is 15.2. The van der Waals surface area contributed by atoms with Crippen LogP contribution in [0.5, 0.6) is 5.75 Å². The number of fused-ring (bicyclic) bond motifs is 1. The van der Waals surface area contributed by atoms with Crippen LogP contribution in [0.2, 0.25) is 5.02 Å². The van der Waals surface area contributed by atoms with Crippen LogP contribution in [0.25, 0.3) is 10.2 Å². The fourth-order valence-corrected chi connectivity index (χ4v) is 3.66. The van der Waals surface area contributed by atoms with E-state index >= 15 is 0 Å². The first-order chi connectivity index (χ1) is 13.5. The fourth-order valence-electron chi connectivity index (χ4n) is 2.59. The van der Waals surface area contributed by atoms with E-state index in [0.29, 0.717) is 27.5 Å². The van der Waals surface area contributed by atoms with E-state index in [2.05, 4.69) is 25.6 Å². The summed E-state index contributed by atoms with van der Waals surface area (Å²) in [4.78, 5) is 13.0. The summed E-state index contributed by atoms with van der Waals surface area (Å²) in [6.45, 7) is 1.95. The number of benzene rings is 2. The Labute approximate surface area is 170 Å². The van der Waals surface area contributed by atoms with Gasteiger partial charge < -0.3 is 21.1 Å². The number of aryl methyl sites for hydroxylation is 1. The van der Waals surface area contributed by atoms with Crippen LogP contribution in [0.1, 0.15) is 5.56 Å². The lowest BCUT2D eigenvalue weighted by Crippen LogP contribution is -2.05. The summed E-state index contributed by atoms with van der Waals surface area (Å²) in [5, 5.41) is 7.69. The number of nitrogens with one attached hydrogen (secondary N) is 2. The number of anilines is 5. The number of thiazole rings is 1. The average Bonchev–Trinajstić information content (AvgIpc) is 3.09. The number of nitrogens with zero attached hydrogens (tertiary/aromatic N) is 3. The molecule has 2 aromatic carbocycles. The van der Waals surface area contributed by atoms with Crippen LogP contribution in [0.3, 0.4) is 0 Å². The van der Waals surface area contributed by atoms with Gasteiger partial charge >= 0.3 is 0 Å². The highest BCUT2D eigenvalue weighted by atomic mass is 35.5. The van der Waals surface area contributed by atoms with Crippen LogP contribution < -0.4 is 21.1 Å². The summed E-state index contributed by atoms with van der Waals surface area (Å²) in [5.74, 6) is 1.74. The molecule has 9 heteroatoms. The first kappa shape index (κ1) is 18.3. The molecule has 0 aliphatic rings. The van der Waals surface area contributed by atoms with Gasteiger partial charge in [-0.1, -0.05) is 29.0 Å². The first-order valence-corrected chi connectivity index (χ1v) is 9.58.